The van der Waals surface area contributed by atoms with Gasteiger partial charge < -0.3 is 19.9 Å². The van der Waals surface area contributed by atoms with Crippen LogP contribution in [0.4, 0.5) is 0 Å². The quantitative estimate of drug-likeness (QED) is 0.879. The van der Waals surface area contributed by atoms with Gasteiger partial charge in [0, 0.05) is 24.5 Å². The number of nitrogens with zero attached hydrogens (tertiary/aromatic N) is 2. The van der Waals surface area contributed by atoms with Crippen molar-refractivity contribution in [1.29, 1.82) is 0 Å². The molecule has 1 aliphatic heterocycles. The van der Waals surface area contributed by atoms with Gasteiger partial charge in [-0.15, -0.1) is 0 Å². The Morgan fingerprint density at radius 3 is 2.88 bits per heavy atom. The van der Waals surface area contributed by atoms with Crippen molar-refractivity contribution in [3.05, 3.63) is 42.2 Å². The molecule has 2 heterocycles. The second-order valence-electron chi connectivity index (χ2n) is 6.42. The van der Waals surface area contributed by atoms with Gasteiger partial charge >= 0.3 is 0 Å². The number of aliphatic hydroxyl groups excluding tert-OH is 1. The minimum atomic E-state index is -0.347. The van der Waals surface area contributed by atoms with Crippen LogP contribution in [-0.2, 0) is 0 Å². The molecule has 0 saturated heterocycles. The van der Waals surface area contributed by atoms with Crippen molar-refractivity contribution in [3.63, 3.8) is 0 Å². The predicted octanol–water partition coefficient (Wildman–Crippen LogP) is 2.07. The zero-order chi connectivity index (χ0) is 16.5. The minimum Gasteiger partial charge on any atom is -0.486 e. The Balaban J connectivity index is 1.50. The van der Waals surface area contributed by atoms with Gasteiger partial charge in [0.1, 0.15) is 13.2 Å². The van der Waals surface area contributed by atoms with Crippen LogP contribution in [0.1, 0.15) is 37.4 Å². The molecule has 6 nitrogen and oxygen atoms in total. The van der Waals surface area contributed by atoms with Gasteiger partial charge in [-0.1, -0.05) is 13.0 Å². The van der Waals surface area contributed by atoms with Gasteiger partial charge in [0.2, 0.25) is 0 Å². The van der Waals surface area contributed by atoms with Gasteiger partial charge in [0.05, 0.1) is 12.1 Å². The molecule has 2 N–H and O–H groups in total. The third kappa shape index (κ3) is 2.76. The molecule has 0 radical (unpaired) electrons. The fraction of sp³-hybridized carbons (Fsp3) is 0.500. The fourth-order valence-electron chi connectivity index (χ4n) is 3.58. The first-order valence-electron chi connectivity index (χ1n) is 8.59. The van der Waals surface area contributed by atoms with Crippen molar-refractivity contribution in [1.82, 2.24) is 15.1 Å². The lowest BCUT2D eigenvalue weighted by atomic mass is 9.82. The van der Waals surface area contributed by atoms with Crippen LogP contribution in [0.2, 0.25) is 0 Å². The van der Waals surface area contributed by atoms with E-state index in [0.29, 0.717) is 13.2 Å². The van der Waals surface area contributed by atoms with Crippen LogP contribution >= 0.6 is 0 Å². The fourth-order valence-corrected chi connectivity index (χ4v) is 3.58. The number of fused-ring (bicyclic) bond motifs is 1. The molecule has 1 unspecified atom stereocenters. The highest BCUT2D eigenvalue weighted by Crippen LogP contribution is 2.37. The molecule has 1 aromatic heterocycles. The van der Waals surface area contributed by atoms with Crippen molar-refractivity contribution in [2.75, 3.05) is 13.2 Å². The smallest absolute Gasteiger partial charge is 0.161 e. The second kappa shape index (κ2) is 6.45. The number of hydrogen-bond donors (Lipinski definition) is 2. The molecule has 6 heteroatoms. The summed E-state index contributed by atoms with van der Waals surface area (Å²) in [6.45, 7) is 3.36. The lowest BCUT2D eigenvalue weighted by Crippen LogP contribution is -2.55. The second-order valence-corrected chi connectivity index (χ2v) is 6.42. The molecule has 1 saturated carbocycles. The average Bonchev–Trinajstić information content (AvgIpc) is 3.11. The Hall–Kier alpha value is -2.05. The molecule has 1 fully saturated rings. The number of hydrogen-bond acceptors (Lipinski definition) is 5. The Morgan fingerprint density at radius 1 is 1.33 bits per heavy atom. The molecule has 0 bridgehead atoms. The summed E-state index contributed by atoms with van der Waals surface area (Å²) in [5.41, 5.74) is 1.18. The molecular weight excluding hydrogens is 306 g/mol. The lowest BCUT2D eigenvalue weighted by Gasteiger charge is -2.43. The summed E-state index contributed by atoms with van der Waals surface area (Å²) in [6, 6.07) is 8.43. The summed E-state index contributed by atoms with van der Waals surface area (Å²) in [4.78, 5) is 0. The third-order valence-electron chi connectivity index (χ3n) is 4.92. The molecule has 0 spiro atoms. The summed E-state index contributed by atoms with van der Waals surface area (Å²) >= 11 is 0. The normalized spacial score (nSPS) is 26.7. The van der Waals surface area contributed by atoms with E-state index in [1.807, 2.05) is 23.0 Å². The monoisotopic (exact) mass is 329 g/mol. The van der Waals surface area contributed by atoms with Gasteiger partial charge in [-0.25, -0.2) is 0 Å². The molecule has 1 aromatic carbocycles. The Labute approximate surface area is 141 Å². The number of ether oxygens (including phenoxy) is 2. The summed E-state index contributed by atoms with van der Waals surface area (Å²) < 4.78 is 13.1. The standard InChI is InChI=1S/C18H23N3O3/c1-2-13(12-4-5-16-17(10-12)24-9-8-23-16)20-14-11-15(22)18(14)21-7-3-6-19-21/h3-7,10,13-15,18,20,22H,2,8-9,11H2,1H3/t13?,14-,15+,18+/m0/s1. The van der Waals surface area contributed by atoms with E-state index >= 15 is 0 Å². The van der Waals surface area contributed by atoms with Gasteiger partial charge in [-0.3, -0.25) is 4.68 Å². The van der Waals surface area contributed by atoms with Crippen LogP contribution in [0.15, 0.2) is 36.7 Å². The largest absolute Gasteiger partial charge is 0.486 e. The molecule has 1 aliphatic carbocycles. The number of rotatable bonds is 5. The number of benzene rings is 1. The van der Waals surface area contributed by atoms with E-state index < -0.39 is 0 Å². The van der Waals surface area contributed by atoms with E-state index in [0.717, 1.165) is 24.3 Å². The molecule has 24 heavy (non-hydrogen) atoms. The first-order chi connectivity index (χ1) is 11.8. The highest BCUT2D eigenvalue weighted by molar-refractivity contribution is 5.44. The molecule has 2 aliphatic rings. The van der Waals surface area contributed by atoms with Crippen LogP contribution in [0.3, 0.4) is 0 Å². The van der Waals surface area contributed by atoms with E-state index in [4.69, 9.17) is 9.47 Å². The highest BCUT2D eigenvalue weighted by atomic mass is 16.6. The summed E-state index contributed by atoms with van der Waals surface area (Å²) in [7, 11) is 0. The highest BCUT2D eigenvalue weighted by Gasteiger charge is 2.42. The summed E-state index contributed by atoms with van der Waals surface area (Å²) in [5.74, 6) is 1.63. The molecular formula is C18H23N3O3. The minimum absolute atomic E-state index is 0.00809. The maximum atomic E-state index is 10.1. The molecule has 128 valence electrons. The molecule has 0 amide bonds. The third-order valence-corrected chi connectivity index (χ3v) is 4.92. The van der Waals surface area contributed by atoms with Crippen LogP contribution in [-0.4, -0.2) is 40.2 Å². The topological polar surface area (TPSA) is 68.5 Å². The predicted molar refractivity (Wildman–Crippen MR) is 89.3 cm³/mol. The Kier molecular flexibility index (Phi) is 4.16. The van der Waals surface area contributed by atoms with Gasteiger partial charge in [-0.2, -0.15) is 5.10 Å². The van der Waals surface area contributed by atoms with Gasteiger partial charge in [0.25, 0.3) is 0 Å². The van der Waals surface area contributed by atoms with E-state index in [1.54, 1.807) is 6.20 Å². The van der Waals surface area contributed by atoms with Crippen LogP contribution < -0.4 is 14.8 Å². The van der Waals surface area contributed by atoms with Crippen LogP contribution in [0, 0.1) is 0 Å². The van der Waals surface area contributed by atoms with E-state index in [1.165, 1.54) is 5.56 Å². The van der Waals surface area contributed by atoms with E-state index in [9.17, 15) is 5.11 Å². The maximum absolute atomic E-state index is 10.1. The Morgan fingerprint density at radius 2 is 2.17 bits per heavy atom. The average molecular weight is 329 g/mol. The van der Waals surface area contributed by atoms with E-state index in [-0.39, 0.29) is 24.2 Å². The first-order valence-corrected chi connectivity index (χ1v) is 8.59. The molecule has 4 rings (SSSR count). The number of nitrogens with one attached hydrogen (secondary N) is 1. The van der Waals surface area contributed by atoms with Crippen molar-refractivity contribution in [2.24, 2.45) is 0 Å². The van der Waals surface area contributed by atoms with Gasteiger partial charge in [0.15, 0.2) is 11.5 Å². The zero-order valence-corrected chi connectivity index (χ0v) is 13.8. The van der Waals surface area contributed by atoms with Crippen molar-refractivity contribution < 1.29 is 14.6 Å². The maximum Gasteiger partial charge on any atom is 0.161 e. The van der Waals surface area contributed by atoms with Crippen LogP contribution in [0.5, 0.6) is 11.5 Å². The number of aliphatic hydroxyl groups is 1. The molecule has 4 atom stereocenters. The lowest BCUT2D eigenvalue weighted by molar-refractivity contribution is -0.0120. The zero-order valence-electron chi connectivity index (χ0n) is 13.8. The van der Waals surface area contributed by atoms with Crippen LogP contribution in [0.25, 0.3) is 0 Å². The SMILES string of the molecule is CCC(N[C@H]1C[C@@H](O)[C@@H]1n1cccn1)c1ccc2c(c1)OCCO2. The first kappa shape index (κ1) is 15.5. The van der Waals surface area contributed by atoms with Crippen molar-refractivity contribution in [3.8, 4) is 11.5 Å². The summed E-state index contributed by atoms with van der Waals surface area (Å²) in [6.07, 6.45) is 5.01. The molecule has 2 aromatic rings. The van der Waals surface area contributed by atoms with E-state index in [2.05, 4.69) is 29.5 Å². The van der Waals surface area contributed by atoms with Crippen molar-refractivity contribution >= 4 is 0 Å². The van der Waals surface area contributed by atoms with Crippen molar-refractivity contribution in [2.45, 2.75) is 44.0 Å². The summed E-state index contributed by atoms with van der Waals surface area (Å²) in [5, 5.41) is 18.1. The Bertz CT molecular complexity index is 689. The van der Waals surface area contributed by atoms with Gasteiger partial charge in [-0.05, 0) is 36.6 Å². The number of aromatic nitrogens is 2.